The van der Waals surface area contributed by atoms with E-state index in [4.69, 9.17) is 10.1 Å². The van der Waals surface area contributed by atoms with Crippen LogP contribution < -0.4 is 5.32 Å². The number of hydrogen-bond donors (Lipinski definition) is 1. The fraction of sp³-hybridized carbons (Fsp3) is 0.286. The summed E-state index contributed by atoms with van der Waals surface area (Å²) in [5, 5.41) is 11.0. The Balaban J connectivity index is 1.52. The third-order valence-corrected chi connectivity index (χ3v) is 7.26. The number of rotatable bonds is 4. The molecule has 1 N–H and O–H groups in total. The van der Waals surface area contributed by atoms with Crippen molar-refractivity contribution in [3.63, 3.8) is 0 Å². The van der Waals surface area contributed by atoms with Gasteiger partial charge in [-0.15, -0.1) is 16.4 Å². The van der Waals surface area contributed by atoms with E-state index in [9.17, 15) is 4.79 Å². The minimum Gasteiger partial charge on any atom is -0.328 e. The normalized spacial score (nSPS) is 20.9. The molecule has 0 radical (unpaired) electrons. The molecule has 1 aromatic carbocycles. The van der Waals surface area contributed by atoms with Crippen molar-refractivity contribution in [3.8, 4) is 0 Å². The molecule has 1 aliphatic heterocycles. The fourth-order valence-electron chi connectivity index (χ4n) is 3.89. The minimum absolute atomic E-state index is 0.117. The van der Waals surface area contributed by atoms with Gasteiger partial charge in [0.2, 0.25) is 11.1 Å². The molecular formula is C21H20N4OS2. The van der Waals surface area contributed by atoms with E-state index in [-0.39, 0.29) is 17.7 Å². The number of nitrogens with zero attached hydrogens (tertiary/aromatic N) is 3. The number of Topliss-reactive ketones (excluding diaryl/α,β-unsaturated/α-hetero) is 1. The van der Waals surface area contributed by atoms with Crippen molar-refractivity contribution in [2.75, 3.05) is 5.32 Å². The zero-order valence-corrected chi connectivity index (χ0v) is 17.1. The Bertz CT molecular complexity index is 1050. The molecule has 28 heavy (non-hydrogen) atoms. The number of aromatic nitrogens is 3. The fourth-order valence-corrected chi connectivity index (χ4v) is 5.72. The van der Waals surface area contributed by atoms with Gasteiger partial charge in [-0.1, -0.05) is 48.2 Å². The number of allylic oxidation sites excluding steroid dienone is 2. The zero-order chi connectivity index (χ0) is 19.1. The summed E-state index contributed by atoms with van der Waals surface area (Å²) in [6.45, 7) is 2.10. The van der Waals surface area contributed by atoms with Crippen LogP contribution in [0.3, 0.4) is 0 Å². The van der Waals surface area contributed by atoms with Crippen LogP contribution in [0.1, 0.15) is 34.9 Å². The highest BCUT2D eigenvalue weighted by atomic mass is 32.2. The van der Waals surface area contributed by atoms with E-state index in [1.807, 2.05) is 22.9 Å². The van der Waals surface area contributed by atoms with Crippen LogP contribution in [0, 0.1) is 12.8 Å². The molecule has 5 nitrogen and oxygen atoms in total. The Hall–Kier alpha value is -2.38. The second-order valence-corrected chi connectivity index (χ2v) is 9.01. The molecule has 3 heterocycles. The number of thioether (sulfide) groups is 1. The summed E-state index contributed by atoms with van der Waals surface area (Å²) in [5.74, 6) is 1.62. The Morgan fingerprint density at radius 1 is 1.29 bits per heavy atom. The van der Waals surface area contributed by atoms with E-state index < -0.39 is 0 Å². The largest absolute Gasteiger partial charge is 0.328 e. The molecule has 0 saturated carbocycles. The van der Waals surface area contributed by atoms with Gasteiger partial charge in [0, 0.05) is 22.7 Å². The summed E-state index contributed by atoms with van der Waals surface area (Å²) in [6, 6.07) is 12.3. The number of anilines is 1. The van der Waals surface area contributed by atoms with Gasteiger partial charge in [-0.25, -0.2) is 4.68 Å². The second kappa shape index (κ2) is 7.22. The van der Waals surface area contributed by atoms with Crippen molar-refractivity contribution < 1.29 is 4.79 Å². The number of thiophene rings is 1. The Morgan fingerprint density at radius 2 is 2.14 bits per heavy atom. The lowest BCUT2D eigenvalue weighted by Gasteiger charge is -2.35. The first kappa shape index (κ1) is 17.7. The van der Waals surface area contributed by atoms with E-state index in [0.29, 0.717) is 6.42 Å². The number of fused-ring (bicyclic) bond motifs is 2. The van der Waals surface area contributed by atoms with Crippen molar-refractivity contribution >= 4 is 34.8 Å². The van der Waals surface area contributed by atoms with Crippen LogP contribution in [0.5, 0.6) is 0 Å². The summed E-state index contributed by atoms with van der Waals surface area (Å²) in [5.41, 5.74) is 3.42. The maximum atomic E-state index is 12.8. The maximum absolute atomic E-state index is 12.8. The number of ketones is 1. The van der Waals surface area contributed by atoms with E-state index in [2.05, 4.69) is 41.9 Å². The Kier molecular flexibility index (Phi) is 4.56. The lowest BCUT2D eigenvalue weighted by atomic mass is 9.82. The summed E-state index contributed by atoms with van der Waals surface area (Å²) in [4.78, 5) is 18.8. The molecule has 2 aliphatic rings. The molecule has 1 aliphatic carbocycles. The summed E-state index contributed by atoms with van der Waals surface area (Å²) >= 11 is 3.31. The molecule has 2 unspecified atom stereocenters. The van der Waals surface area contributed by atoms with Crippen molar-refractivity contribution in [2.45, 2.75) is 36.7 Å². The average Bonchev–Trinajstić information content (AvgIpc) is 3.31. The predicted octanol–water partition coefficient (Wildman–Crippen LogP) is 4.82. The van der Waals surface area contributed by atoms with Gasteiger partial charge in [0.25, 0.3) is 0 Å². The molecule has 0 amide bonds. The van der Waals surface area contributed by atoms with Crippen molar-refractivity contribution in [1.29, 1.82) is 0 Å². The van der Waals surface area contributed by atoms with Gasteiger partial charge < -0.3 is 5.32 Å². The van der Waals surface area contributed by atoms with E-state index in [0.717, 1.165) is 29.0 Å². The van der Waals surface area contributed by atoms with Gasteiger partial charge >= 0.3 is 0 Å². The maximum Gasteiger partial charge on any atom is 0.227 e. The number of carbonyl (C=O) groups excluding carboxylic acids is 1. The van der Waals surface area contributed by atoms with Gasteiger partial charge in [0.05, 0.1) is 5.92 Å². The lowest BCUT2D eigenvalue weighted by molar-refractivity contribution is -0.123. The molecule has 3 aromatic rings. The highest BCUT2D eigenvalue weighted by Crippen LogP contribution is 2.44. The number of aryl methyl sites for hydroxylation is 1. The molecule has 142 valence electrons. The van der Waals surface area contributed by atoms with Crippen molar-refractivity contribution in [1.82, 2.24) is 14.8 Å². The van der Waals surface area contributed by atoms with Crippen LogP contribution in [0.4, 0.5) is 5.95 Å². The number of benzene rings is 1. The van der Waals surface area contributed by atoms with Crippen molar-refractivity contribution in [2.24, 2.45) is 5.92 Å². The SMILES string of the molecule is Cc1ccsc1C1C2C(=O)CCC=C2Nc2nc(SCc3ccccc3)nn21. The number of hydrogen-bond acceptors (Lipinski definition) is 6. The van der Waals surface area contributed by atoms with Crippen LogP contribution >= 0.6 is 23.1 Å². The summed E-state index contributed by atoms with van der Waals surface area (Å²) < 4.78 is 1.93. The highest BCUT2D eigenvalue weighted by Gasteiger charge is 2.42. The first-order chi connectivity index (χ1) is 13.7. The predicted molar refractivity (Wildman–Crippen MR) is 113 cm³/mol. The molecule has 7 heteroatoms. The summed E-state index contributed by atoms with van der Waals surface area (Å²) in [6.07, 6.45) is 3.53. The first-order valence-corrected chi connectivity index (χ1v) is 11.2. The third-order valence-electron chi connectivity index (χ3n) is 5.27. The van der Waals surface area contributed by atoms with Crippen LogP contribution in [0.2, 0.25) is 0 Å². The highest BCUT2D eigenvalue weighted by molar-refractivity contribution is 7.98. The van der Waals surface area contributed by atoms with Gasteiger partial charge in [0.1, 0.15) is 11.8 Å². The van der Waals surface area contributed by atoms with Crippen LogP contribution in [-0.4, -0.2) is 20.5 Å². The zero-order valence-electron chi connectivity index (χ0n) is 15.5. The average molecular weight is 409 g/mol. The lowest BCUT2D eigenvalue weighted by Crippen LogP contribution is -2.38. The van der Waals surface area contributed by atoms with Gasteiger partial charge in [-0.2, -0.15) is 4.98 Å². The van der Waals surface area contributed by atoms with Gasteiger partial charge in [-0.3, -0.25) is 4.79 Å². The molecule has 0 bridgehead atoms. The topological polar surface area (TPSA) is 59.8 Å². The quantitative estimate of drug-likeness (QED) is 0.627. The third kappa shape index (κ3) is 3.08. The molecule has 0 spiro atoms. The van der Waals surface area contributed by atoms with Crippen molar-refractivity contribution in [3.05, 3.63) is 69.6 Å². The number of carbonyl (C=O) groups is 1. The molecular weight excluding hydrogens is 388 g/mol. The Morgan fingerprint density at radius 3 is 2.93 bits per heavy atom. The monoisotopic (exact) mass is 408 g/mol. The second-order valence-electron chi connectivity index (χ2n) is 7.12. The first-order valence-electron chi connectivity index (χ1n) is 9.38. The molecule has 2 aromatic heterocycles. The minimum atomic E-state index is -0.202. The standard InChI is InChI=1S/C21H20N4OS2/c1-13-10-11-27-19(13)18-17-15(8-5-9-16(17)26)22-20-23-21(24-25(18)20)28-12-14-6-3-2-4-7-14/h2-4,6-8,10-11,17-18H,5,9,12H2,1H3,(H,22,23,24). The summed E-state index contributed by atoms with van der Waals surface area (Å²) in [7, 11) is 0. The van der Waals surface area contributed by atoms with E-state index in [1.54, 1.807) is 23.1 Å². The Labute approximate surface area is 171 Å². The van der Waals surface area contributed by atoms with Gasteiger partial charge in [-0.05, 0) is 35.9 Å². The molecule has 2 atom stereocenters. The smallest absolute Gasteiger partial charge is 0.227 e. The van der Waals surface area contributed by atoms with Crippen LogP contribution in [0.15, 0.2) is 58.7 Å². The molecule has 5 rings (SSSR count). The van der Waals surface area contributed by atoms with E-state index in [1.165, 1.54) is 16.0 Å². The van der Waals surface area contributed by atoms with E-state index >= 15 is 0 Å². The molecule has 0 saturated heterocycles. The van der Waals surface area contributed by atoms with Crippen LogP contribution in [-0.2, 0) is 10.5 Å². The van der Waals surface area contributed by atoms with Crippen LogP contribution in [0.25, 0.3) is 0 Å². The molecule has 0 fully saturated rings. The number of nitrogens with one attached hydrogen (secondary N) is 1. The van der Waals surface area contributed by atoms with Gasteiger partial charge in [0.15, 0.2) is 0 Å².